The summed E-state index contributed by atoms with van der Waals surface area (Å²) < 4.78 is 35.0. The Bertz CT molecular complexity index is 794. The Morgan fingerprint density at radius 3 is 2.76 bits per heavy atom. The minimum atomic E-state index is -3.05. The summed E-state index contributed by atoms with van der Waals surface area (Å²) in [5, 5.41) is 17.0. The molecule has 0 spiro atoms. The van der Waals surface area contributed by atoms with Crippen LogP contribution in [0.5, 0.6) is 11.6 Å². The van der Waals surface area contributed by atoms with Crippen LogP contribution in [0, 0.1) is 17.0 Å². The third kappa shape index (κ3) is 4.62. The number of hydrogen-bond donors (Lipinski definition) is 1. The largest absolute Gasteiger partial charge is 0.475 e. The average Bonchev–Trinajstić information content (AvgIpc) is 2.92. The number of hydrogen-bond acceptors (Lipinski definition) is 6. The Hall–Kier alpha value is -3.24. The molecule has 0 aliphatic carbocycles. The summed E-state index contributed by atoms with van der Waals surface area (Å²) in [6, 6.07) is 4.37. The van der Waals surface area contributed by atoms with Crippen LogP contribution in [0.4, 0.5) is 20.2 Å². The molecular weight excluding hydrogens is 342 g/mol. The highest BCUT2D eigenvalue weighted by atomic mass is 19.3. The molecule has 0 aliphatic rings. The van der Waals surface area contributed by atoms with Gasteiger partial charge in [-0.05, 0) is 24.6 Å². The summed E-state index contributed by atoms with van der Waals surface area (Å²) in [5.41, 5.74) is 0.318. The maximum Gasteiger partial charge on any atom is 0.387 e. The van der Waals surface area contributed by atoms with Crippen molar-refractivity contribution in [3.05, 3.63) is 40.1 Å². The Balaban J connectivity index is 2.14. The van der Waals surface area contributed by atoms with E-state index in [-0.39, 0.29) is 23.9 Å². The maximum atomic E-state index is 12.5. The molecule has 2 aromatic rings. The van der Waals surface area contributed by atoms with Gasteiger partial charge in [-0.25, -0.2) is 0 Å². The molecule has 1 N–H and O–H groups in total. The second-order valence-corrected chi connectivity index (χ2v) is 4.90. The number of halogens is 2. The summed E-state index contributed by atoms with van der Waals surface area (Å²) in [5.74, 6) is -1.06. The number of amides is 1. The van der Waals surface area contributed by atoms with Crippen molar-refractivity contribution < 1.29 is 28.0 Å². The Kier molecular flexibility index (Phi) is 5.47. The molecule has 1 heterocycles. The maximum absolute atomic E-state index is 12.5. The van der Waals surface area contributed by atoms with Gasteiger partial charge in [-0.3, -0.25) is 19.6 Å². The first-order chi connectivity index (χ1) is 11.8. The summed E-state index contributed by atoms with van der Waals surface area (Å²) in [7, 11) is 1.21. The van der Waals surface area contributed by atoms with Gasteiger partial charge in [0.2, 0.25) is 5.91 Å². The summed E-state index contributed by atoms with van der Waals surface area (Å²) in [6.07, 6.45) is 1.03. The highest BCUT2D eigenvalue weighted by molar-refractivity contribution is 5.92. The van der Waals surface area contributed by atoms with E-state index in [1.165, 1.54) is 19.2 Å². The zero-order valence-corrected chi connectivity index (χ0v) is 13.2. The molecule has 2 rings (SSSR count). The van der Waals surface area contributed by atoms with Gasteiger partial charge in [0.1, 0.15) is 18.5 Å². The summed E-state index contributed by atoms with van der Waals surface area (Å²) in [4.78, 5) is 22.2. The molecule has 1 amide bonds. The van der Waals surface area contributed by atoms with E-state index in [1.807, 2.05) is 0 Å². The number of methoxy groups -OCH3 is 1. The lowest BCUT2D eigenvalue weighted by Crippen LogP contribution is -2.20. The number of benzene rings is 1. The minimum absolute atomic E-state index is 0.0459. The number of ether oxygens (including phenoxy) is 2. The van der Waals surface area contributed by atoms with Gasteiger partial charge in [0.15, 0.2) is 0 Å². The van der Waals surface area contributed by atoms with Crippen LogP contribution >= 0.6 is 0 Å². The van der Waals surface area contributed by atoms with Gasteiger partial charge in [0, 0.05) is 0 Å². The number of anilines is 1. The van der Waals surface area contributed by atoms with Crippen LogP contribution in [-0.4, -0.2) is 34.3 Å². The van der Waals surface area contributed by atoms with Crippen LogP contribution in [0.2, 0.25) is 0 Å². The fourth-order valence-corrected chi connectivity index (χ4v) is 2.01. The molecule has 1 aromatic heterocycles. The average molecular weight is 356 g/mol. The van der Waals surface area contributed by atoms with Crippen molar-refractivity contribution in [2.24, 2.45) is 0 Å². The second-order valence-electron chi connectivity index (χ2n) is 4.90. The van der Waals surface area contributed by atoms with Crippen LogP contribution in [0.1, 0.15) is 5.56 Å². The number of rotatable bonds is 7. The predicted molar refractivity (Wildman–Crippen MR) is 81.9 cm³/mol. The molecule has 0 bridgehead atoms. The van der Waals surface area contributed by atoms with Crippen molar-refractivity contribution in [3.63, 3.8) is 0 Å². The fourth-order valence-electron chi connectivity index (χ4n) is 2.01. The van der Waals surface area contributed by atoms with E-state index >= 15 is 0 Å². The zero-order chi connectivity index (χ0) is 18.6. The van der Waals surface area contributed by atoms with Crippen LogP contribution in [0.25, 0.3) is 0 Å². The second kappa shape index (κ2) is 7.55. The molecule has 0 saturated heterocycles. The number of aromatic nitrogens is 2. The SMILES string of the molecule is COc1nn(CC(=O)Nc2ccc(C)cc2OC(F)F)cc1[N+](=O)[O-]. The van der Waals surface area contributed by atoms with Crippen molar-refractivity contribution in [2.45, 2.75) is 20.1 Å². The van der Waals surface area contributed by atoms with Crippen LogP contribution < -0.4 is 14.8 Å². The van der Waals surface area contributed by atoms with Gasteiger partial charge in [0.05, 0.1) is 17.7 Å². The molecule has 0 atom stereocenters. The van der Waals surface area contributed by atoms with E-state index in [0.29, 0.717) is 5.56 Å². The molecule has 134 valence electrons. The van der Waals surface area contributed by atoms with Crippen LogP contribution in [0.3, 0.4) is 0 Å². The first-order valence-corrected chi connectivity index (χ1v) is 6.91. The van der Waals surface area contributed by atoms with Crippen molar-refractivity contribution in [1.29, 1.82) is 0 Å². The Labute approximate surface area is 140 Å². The van der Waals surface area contributed by atoms with Gasteiger partial charge in [0.25, 0.3) is 0 Å². The quantitative estimate of drug-likeness (QED) is 0.602. The van der Waals surface area contributed by atoms with E-state index in [2.05, 4.69) is 15.2 Å². The molecule has 0 unspecified atom stereocenters. The van der Waals surface area contributed by atoms with Gasteiger partial charge >= 0.3 is 18.2 Å². The molecule has 25 heavy (non-hydrogen) atoms. The van der Waals surface area contributed by atoms with Gasteiger partial charge in [-0.2, -0.15) is 8.78 Å². The summed E-state index contributed by atoms with van der Waals surface area (Å²) in [6.45, 7) is -1.75. The number of carbonyl (C=O) groups excluding carboxylic acids is 1. The van der Waals surface area contributed by atoms with Crippen molar-refractivity contribution in [2.75, 3.05) is 12.4 Å². The fraction of sp³-hybridized carbons (Fsp3) is 0.286. The first-order valence-electron chi connectivity index (χ1n) is 6.91. The molecule has 0 fully saturated rings. The molecule has 1 aromatic carbocycles. The molecule has 9 nitrogen and oxygen atoms in total. The number of carbonyl (C=O) groups is 1. The first kappa shape index (κ1) is 18.1. The van der Waals surface area contributed by atoms with Gasteiger partial charge in [-0.1, -0.05) is 6.07 Å². The van der Waals surface area contributed by atoms with Gasteiger partial charge < -0.3 is 14.8 Å². The predicted octanol–water partition coefficient (Wildman–Crippen LogP) is 2.35. The number of nitrogens with zero attached hydrogens (tertiary/aromatic N) is 3. The third-order valence-electron chi connectivity index (χ3n) is 3.03. The lowest BCUT2D eigenvalue weighted by atomic mass is 10.2. The standard InChI is InChI=1S/C14H14F2N4O5/c1-8-3-4-9(11(5-8)25-14(15)16)17-12(21)7-19-6-10(20(22)23)13(18-19)24-2/h3-6,14H,7H2,1-2H3,(H,17,21). The molecule has 0 radical (unpaired) electrons. The highest BCUT2D eigenvalue weighted by Gasteiger charge is 2.21. The number of aryl methyl sites for hydroxylation is 1. The Morgan fingerprint density at radius 2 is 2.20 bits per heavy atom. The Morgan fingerprint density at radius 1 is 1.48 bits per heavy atom. The smallest absolute Gasteiger partial charge is 0.387 e. The van der Waals surface area contributed by atoms with E-state index in [4.69, 9.17) is 4.74 Å². The number of nitrogens with one attached hydrogen (secondary N) is 1. The molecular formula is C14H14F2N4O5. The van der Waals surface area contributed by atoms with E-state index in [1.54, 1.807) is 13.0 Å². The van der Waals surface area contributed by atoms with Crippen molar-refractivity contribution in [1.82, 2.24) is 9.78 Å². The minimum Gasteiger partial charge on any atom is -0.475 e. The molecule has 11 heteroatoms. The topological polar surface area (TPSA) is 109 Å². The highest BCUT2D eigenvalue weighted by Crippen LogP contribution is 2.28. The van der Waals surface area contributed by atoms with Crippen LogP contribution in [-0.2, 0) is 11.3 Å². The third-order valence-corrected chi connectivity index (χ3v) is 3.03. The summed E-state index contributed by atoms with van der Waals surface area (Å²) >= 11 is 0. The van der Waals surface area contributed by atoms with Crippen LogP contribution in [0.15, 0.2) is 24.4 Å². The van der Waals surface area contributed by atoms with Crippen molar-refractivity contribution in [3.8, 4) is 11.6 Å². The normalized spacial score (nSPS) is 10.6. The number of nitro groups is 1. The van der Waals surface area contributed by atoms with E-state index in [9.17, 15) is 23.7 Å². The van der Waals surface area contributed by atoms with Crippen molar-refractivity contribution >= 4 is 17.3 Å². The van der Waals surface area contributed by atoms with E-state index in [0.717, 1.165) is 10.9 Å². The van der Waals surface area contributed by atoms with Gasteiger partial charge in [-0.15, -0.1) is 5.10 Å². The molecule has 0 saturated carbocycles. The lowest BCUT2D eigenvalue weighted by molar-refractivity contribution is -0.385. The number of alkyl halides is 2. The zero-order valence-electron chi connectivity index (χ0n) is 13.2. The van der Waals surface area contributed by atoms with E-state index < -0.39 is 23.1 Å². The lowest BCUT2D eigenvalue weighted by Gasteiger charge is -2.12. The molecule has 0 aliphatic heterocycles. The monoisotopic (exact) mass is 356 g/mol.